The predicted molar refractivity (Wildman–Crippen MR) is 84.5 cm³/mol. The molecular weight excluding hydrogens is 297 g/mol. The summed E-state index contributed by atoms with van der Waals surface area (Å²) in [5.41, 5.74) is 1.73. The summed E-state index contributed by atoms with van der Waals surface area (Å²) in [5, 5.41) is 0. The molecule has 118 valence electrons. The van der Waals surface area contributed by atoms with Crippen LogP contribution < -0.4 is 9.47 Å². The maximum absolute atomic E-state index is 12.8. The molecule has 0 spiro atoms. The van der Waals surface area contributed by atoms with Gasteiger partial charge in [-0.2, -0.15) is 0 Å². The smallest absolute Gasteiger partial charge is 0.246 e. The number of likely N-dealkylation sites (N-methyl/N-ethyl adjacent to an activating group) is 1. The topological polar surface area (TPSA) is 38.8 Å². The number of rotatable bonds is 4. The number of amides is 1. The van der Waals surface area contributed by atoms with Gasteiger partial charge in [0.2, 0.25) is 12.7 Å². The van der Waals surface area contributed by atoms with Gasteiger partial charge in [-0.3, -0.25) is 4.79 Å². The number of hydrogen-bond donors (Lipinski definition) is 0. The Bertz CT molecular complexity index is 740. The van der Waals surface area contributed by atoms with Crippen LogP contribution in [0, 0.1) is 5.82 Å². The molecule has 1 aliphatic rings. The number of halogens is 1. The SMILES string of the molecule is CN(Cc1ccc2c(c1)OCO2)C(=O)C=Cc1ccc(F)cc1. The van der Waals surface area contributed by atoms with Crippen molar-refractivity contribution in [2.45, 2.75) is 6.54 Å². The lowest BCUT2D eigenvalue weighted by Crippen LogP contribution is -2.24. The largest absolute Gasteiger partial charge is 0.454 e. The second-order valence-corrected chi connectivity index (χ2v) is 5.27. The van der Waals surface area contributed by atoms with Gasteiger partial charge in [0.05, 0.1) is 0 Å². The van der Waals surface area contributed by atoms with Crippen molar-refractivity contribution in [1.29, 1.82) is 0 Å². The van der Waals surface area contributed by atoms with E-state index in [1.54, 1.807) is 30.2 Å². The Hall–Kier alpha value is -2.82. The Labute approximate surface area is 133 Å². The lowest BCUT2D eigenvalue weighted by molar-refractivity contribution is -0.125. The van der Waals surface area contributed by atoms with Gasteiger partial charge in [-0.25, -0.2) is 4.39 Å². The van der Waals surface area contributed by atoms with E-state index in [4.69, 9.17) is 9.47 Å². The first kappa shape index (κ1) is 15.1. The second-order valence-electron chi connectivity index (χ2n) is 5.27. The highest BCUT2D eigenvalue weighted by molar-refractivity contribution is 5.91. The quantitative estimate of drug-likeness (QED) is 0.814. The van der Waals surface area contributed by atoms with Gasteiger partial charge in [0.15, 0.2) is 11.5 Å². The fraction of sp³-hybridized carbons (Fsp3) is 0.167. The molecular formula is C18H16FNO3. The first-order valence-electron chi connectivity index (χ1n) is 7.19. The van der Waals surface area contributed by atoms with Crippen LogP contribution in [0.5, 0.6) is 11.5 Å². The van der Waals surface area contributed by atoms with E-state index >= 15 is 0 Å². The van der Waals surface area contributed by atoms with Crippen LogP contribution in [0.15, 0.2) is 48.5 Å². The van der Waals surface area contributed by atoms with Crippen molar-refractivity contribution in [2.75, 3.05) is 13.8 Å². The third kappa shape index (κ3) is 3.69. The maximum Gasteiger partial charge on any atom is 0.246 e. The monoisotopic (exact) mass is 313 g/mol. The van der Waals surface area contributed by atoms with Crippen LogP contribution in [0.4, 0.5) is 4.39 Å². The molecule has 0 unspecified atom stereocenters. The normalized spacial score (nSPS) is 12.6. The highest BCUT2D eigenvalue weighted by Gasteiger charge is 2.14. The highest BCUT2D eigenvalue weighted by Crippen LogP contribution is 2.32. The average molecular weight is 313 g/mol. The summed E-state index contributed by atoms with van der Waals surface area (Å²) in [4.78, 5) is 13.7. The number of ether oxygens (including phenoxy) is 2. The third-order valence-corrected chi connectivity index (χ3v) is 3.52. The number of hydrogen-bond acceptors (Lipinski definition) is 3. The maximum atomic E-state index is 12.8. The molecule has 2 aromatic carbocycles. The Kier molecular flexibility index (Phi) is 4.28. The molecule has 2 aromatic rings. The molecule has 23 heavy (non-hydrogen) atoms. The van der Waals surface area contributed by atoms with Crippen LogP contribution in [0.3, 0.4) is 0 Å². The predicted octanol–water partition coefficient (Wildman–Crippen LogP) is 3.23. The molecule has 5 heteroatoms. The summed E-state index contributed by atoms with van der Waals surface area (Å²) < 4.78 is 23.4. The van der Waals surface area contributed by atoms with Gasteiger partial charge in [0.25, 0.3) is 0 Å². The number of nitrogens with zero attached hydrogens (tertiary/aromatic N) is 1. The van der Waals surface area contributed by atoms with Gasteiger partial charge in [0.1, 0.15) is 5.82 Å². The molecule has 0 radical (unpaired) electrons. The number of carbonyl (C=O) groups excluding carboxylic acids is 1. The van der Waals surface area contributed by atoms with Crippen molar-refractivity contribution in [3.05, 3.63) is 65.5 Å². The van der Waals surface area contributed by atoms with Crippen molar-refractivity contribution in [3.63, 3.8) is 0 Å². The fourth-order valence-electron chi connectivity index (χ4n) is 2.26. The van der Waals surface area contributed by atoms with Gasteiger partial charge in [-0.05, 0) is 41.5 Å². The summed E-state index contributed by atoms with van der Waals surface area (Å²) in [7, 11) is 1.72. The summed E-state index contributed by atoms with van der Waals surface area (Å²) in [6.07, 6.45) is 3.14. The molecule has 4 nitrogen and oxygen atoms in total. The average Bonchev–Trinajstić information content (AvgIpc) is 3.01. The first-order valence-corrected chi connectivity index (χ1v) is 7.19. The third-order valence-electron chi connectivity index (χ3n) is 3.52. The van der Waals surface area contributed by atoms with E-state index in [1.807, 2.05) is 18.2 Å². The van der Waals surface area contributed by atoms with Crippen LogP contribution in [0.1, 0.15) is 11.1 Å². The van der Waals surface area contributed by atoms with Crippen LogP contribution in [0.2, 0.25) is 0 Å². The summed E-state index contributed by atoms with van der Waals surface area (Å²) in [6.45, 7) is 0.692. The fourth-order valence-corrected chi connectivity index (χ4v) is 2.26. The molecule has 1 heterocycles. The van der Waals surface area contributed by atoms with E-state index < -0.39 is 0 Å². The van der Waals surface area contributed by atoms with Crippen molar-refractivity contribution < 1.29 is 18.7 Å². The zero-order chi connectivity index (χ0) is 16.2. The zero-order valence-corrected chi connectivity index (χ0v) is 12.7. The molecule has 1 aliphatic heterocycles. The standard InChI is InChI=1S/C18H16FNO3/c1-20(11-14-4-8-16-17(10-14)23-12-22-16)18(21)9-5-13-2-6-15(19)7-3-13/h2-10H,11-12H2,1H3. The van der Waals surface area contributed by atoms with Crippen molar-refractivity contribution in [2.24, 2.45) is 0 Å². The highest BCUT2D eigenvalue weighted by atomic mass is 19.1. The van der Waals surface area contributed by atoms with E-state index in [0.29, 0.717) is 12.3 Å². The first-order chi connectivity index (χ1) is 11.1. The molecule has 1 amide bonds. The summed E-state index contributed by atoms with van der Waals surface area (Å²) in [6, 6.07) is 11.6. The van der Waals surface area contributed by atoms with Gasteiger partial charge in [-0.15, -0.1) is 0 Å². The molecule has 0 saturated carbocycles. The van der Waals surface area contributed by atoms with Crippen LogP contribution in [-0.4, -0.2) is 24.6 Å². The second kappa shape index (κ2) is 6.52. The molecule has 0 saturated heterocycles. The molecule has 0 aromatic heterocycles. The van der Waals surface area contributed by atoms with Crippen molar-refractivity contribution >= 4 is 12.0 Å². The Morgan fingerprint density at radius 1 is 1.17 bits per heavy atom. The van der Waals surface area contributed by atoms with E-state index in [0.717, 1.165) is 16.9 Å². The van der Waals surface area contributed by atoms with Gasteiger partial charge >= 0.3 is 0 Å². The Balaban J connectivity index is 1.62. The minimum atomic E-state index is -0.298. The van der Waals surface area contributed by atoms with Crippen molar-refractivity contribution in [1.82, 2.24) is 4.90 Å². The molecule has 0 fully saturated rings. The Morgan fingerprint density at radius 3 is 2.70 bits per heavy atom. The molecule has 0 N–H and O–H groups in total. The molecule has 0 bridgehead atoms. The van der Waals surface area contributed by atoms with E-state index in [1.165, 1.54) is 18.2 Å². The van der Waals surface area contributed by atoms with E-state index in [2.05, 4.69) is 0 Å². The number of fused-ring (bicyclic) bond motifs is 1. The number of benzene rings is 2. The van der Waals surface area contributed by atoms with Gasteiger partial charge in [-0.1, -0.05) is 18.2 Å². The van der Waals surface area contributed by atoms with Gasteiger partial charge in [0, 0.05) is 19.7 Å². The minimum Gasteiger partial charge on any atom is -0.454 e. The number of carbonyl (C=O) groups is 1. The van der Waals surface area contributed by atoms with Crippen LogP contribution >= 0.6 is 0 Å². The van der Waals surface area contributed by atoms with Crippen LogP contribution in [0.25, 0.3) is 6.08 Å². The molecule has 0 aliphatic carbocycles. The van der Waals surface area contributed by atoms with E-state index in [-0.39, 0.29) is 18.5 Å². The Morgan fingerprint density at radius 2 is 1.91 bits per heavy atom. The van der Waals surface area contributed by atoms with Gasteiger partial charge < -0.3 is 14.4 Å². The van der Waals surface area contributed by atoms with E-state index in [9.17, 15) is 9.18 Å². The zero-order valence-electron chi connectivity index (χ0n) is 12.7. The lowest BCUT2D eigenvalue weighted by atomic mass is 10.2. The summed E-state index contributed by atoms with van der Waals surface area (Å²) in [5.74, 6) is 0.990. The lowest BCUT2D eigenvalue weighted by Gasteiger charge is -2.15. The molecule has 0 atom stereocenters. The summed E-state index contributed by atoms with van der Waals surface area (Å²) >= 11 is 0. The van der Waals surface area contributed by atoms with Crippen LogP contribution in [-0.2, 0) is 11.3 Å². The van der Waals surface area contributed by atoms with Crippen molar-refractivity contribution in [3.8, 4) is 11.5 Å². The molecule has 3 rings (SSSR count). The minimum absolute atomic E-state index is 0.132.